The summed E-state index contributed by atoms with van der Waals surface area (Å²) in [6.45, 7) is 0.0255. The van der Waals surface area contributed by atoms with E-state index in [0.29, 0.717) is 0 Å². The Morgan fingerprint density at radius 2 is 1.66 bits per heavy atom. The molecular formula is C21H16N2O6. The number of carboxylic acids is 1. The molecule has 0 radical (unpaired) electrons. The van der Waals surface area contributed by atoms with Crippen LogP contribution in [-0.4, -0.2) is 27.7 Å². The van der Waals surface area contributed by atoms with Crippen LogP contribution in [0.2, 0.25) is 0 Å². The summed E-state index contributed by atoms with van der Waals surface area (Å²) in [5, 5.41) is 21.8. The van der Waals surface area contributed by atoms with Gasteiger partial charge in [-0.15, -0.1) is 0 Å². The summed E-state index contributed by atoms with van der Waals surface area (Å²) >= 11 is 0. The summed E-state index contributed by atoms with van der Waals surface area (Å²) < 4.78 is 0. The highest BCUT2D eigenvalue weighted by atomic mass is 16.6. The number of carboxylic acid groups (broad SMARTS) is 1. The van der Waals surface area contributed by atoms with E-state index in [1.54, 1.807) is 6.07 Å². The zero-order valence-corrected chi connectivity index (χ0v) is 15.1. The fourth-order valence-electron chi connectivity index (χ4n) is 2.93. The zero-order valence-electron chi connectivity index (χ0n) is 15.1. The summed E-state index contributed by atoms with van der Waals surface area (Å²) in [7, 11) is 0. The van der Waals surface area contributed by atoms with Gasteiger partial charge in [-0.05, 0) is 28.5 Å². The molecule has 1 amide bonds. The van der Waals surface area contributed by atoms with Crippen LogP contribution in [0.15, 0.2) is 66.7 Å². The Bertz CT molecular complexity index is 1120. The number of benzene rings is 3. The molecule has 0 spiro atoms. The van der Waals surface area contributed by atoms with Crippen molar-refractivity contribution in [3.63, 3.8) is 0 Å². The molecule has 0 unspecified atom stereocenters. The molecule has 0 aromatic heterocycles. The molecular weight excluding hydrogens is 376 g/mol. The lowest BCUT2D eigenvalue weighted by atomic mass is 10.1. The third-order valence-electron chi connectivity index (χ3n) is 4.36. The summed E-state index contributed by atoms with van der Waals surface area (Å²) in [6.07, 6.45) is -0.842. The van der Waals surface area contributed by atoms with Crippen molar-refractivity contribution >= 4 is 39.8 Å². The molecule has 8 nitrogen and oxygen atoms in total. The number of hydrogen-bond donors (Lipinski definition) is 1. The lowest BCUT2D eigenvalue weighted by Gasteiger charge is -2.23. The van der Waals surface area contributed by atoms with Gasteiger partial charge in [0.05, 0.1) is 23.6 Å². The second-order valence-electron chi connectivity index (χ2n) is 6.34. The number of fused-ring (bicyclic) bond motifs is 1. The average Bonchev–Trinajstić information content (AvgIpc) is 2.71. The SMILES string of the molecule is O=C(O)C(=O)CC(=O)N(Cc1ccc2ccccc2c1)c1cccc([N+](=O)[O-])c1. The van der Waals surface area contributed by atoms with E-state index in [-0.39, 0.29) is 17.9 Å². The van der Waals surface area contributed by atoms with Crippen LogP contribution in [-0.2, 0) is 20.9 Å². The molecule has 29 heavy (non-hydrogen) atoms. The summed E-state index contributed by atoms with van der Waals surface area (Å²) in [5.74, 6) is -3.71. The number of aliphatic carboxylic acids is 1. The largest absolute Gasteiger partial charge is 0.475 e. The van der Waals surface area contributed by atoms with Gasteiger partial charge in [-0.25, -0.2) is 4.79 Å². The van der Waals surface area contributed by atoms with Crippen LogP contribution < -0.4 is 4.90 Å². The van der Waals surface area contributed by atoms with E-state index in [1.807, 2.05) is 36.4 Å². The number of rotatable bonds is 7. The van der Waals surface area contributed by atoms with Crippen LogP contribution in [0, 0.1) is 10.1 Å². The monoisotopic (exact) mass is 392 g/mol. The number of non-ortho nitro benzene ring substituents is 1. The second-order valence-corrected chi connectivity index (χ2v) is 6.34. The minimum Gasteiger partial charge on any atom is -0.475 e. The Hall–Kier alpha value is -4.07. The standard InChI is InChI=1S/C21H16N2O6/c24-19(21(26)27)12-20(25)22(17-6-3-7-18(11-17)23(28)29)13-14-8-9-15-4-1-2-5-16(15)10-14/h1-11H,12-13H2,(H,26,27). The van der Waals surface area contributed by atoms with E-state index in [4.69, 9.17) is 5.11 Å². The normalized spacial score (nSPS) is 10.5. The van der Waals surface area contributed by atoms with E-state index in [2.05, 4.69) is 0 Å². The van der Waals surface area contributed by atoms with Gasteiger partial charge < -0.3 is 10.0 Å². The number of carbonyl (C=O) groups is 3. The molecule has 0 saturated carbocycles. The molecule has 8 heteroatoms. The van der Waals surface area contributed by atoms with E-state index in [1.165, 1.54) is 29.2 Å². The van der Waals surface area contributed by atoms with Crippen LogP contribution in [0.1, 0.15) is 12.0 Å². The first kappa shape index (κ1) is 19.7. The first-order chi connectivity index (χ1) is 13.8. The molecule has 0 atom stereocenters. The van der Waals surface area contributed by atoms with Gasteiger partial charge in [0.1, 0.15) is 0 Å². The van der Waals surface area contributed by atoms with Gasteiger partial charge in [0.15, 0.2) is 0 Å². The number of nitrogens with zero attached hydrogens (tertiary/aromatic N) is 2. The molecule has 0 aliphatic heterocycles. The van der Waals surface area contributed by atoms with Crippen molar-refractivity contribution in [3.8, 4) is 0 Å². The third-order valence-corrected chi connectivity index (χ3v) is 4.36. The molecule has 3 rings (SSSR count). The van der Waals surface area contributed by atoms with Gasteiger partial charge >= 0.3 is 5.97 Å². The number of nitro benzene ring substituents is 1. The van der Waals surface area contributed by atoms with E-state index in [0.717, 1.165) is 16.3 Å². The van der Waals surface area contributed by atoms with E-state index >= 15 is 0 Å². The molecule has 0 heterocycles. The van der Waals surface area contributed by atoms with Crippen molar-refractivity contribution in [2.24, 2.45) is 0 Å². The first-order valence-corrected chi connectivity index (χ1v) is 8.64. The number of amides is 1. The molecule has 0 saturated heterocycles. The first-order valence-electron chi connectivity index (χ1n) is 8.64. The molecule has 0 bridgehead atoms. The van der Waals surface area contributed by atoms with Gasteiger partial charge in [0.25, 0.3) is 5.69 Å². The number of carbonyl (C=O) groups excluding carboxylic acids is 2. The molecule has 3 aromatic rings. The summed E-state index contributed by atoms with van der Waals surface area (Å²) in [6, 6.07) is 18.6. The number of ketones is 1. The van der Waals surface area contributed by atoms with Crippen molar-refractivity contribution in [2.45, 2.75) is 13.0 Å². The Labute approximate surface area is 165 Å². The van der Waals surface area contributed by atoms with E-state index < -0.39 is 29.0 Å². The van der Waals surface area contributed by atoms with Gasteiger partial charge in [0.2, 0.25) is 11.7 Å². The molecule has 0 aliphatic rings. The molecule has 0 aliphatic carbocycles. The minimum atomic E-state index is -1.71. The third kappa shape index (κ3) is 4.62. The van der Waals surface area contributed by atoms with E-state index in [9.17, 15) is 24.5 Å². The Kier molecular flexibility index (Phi) is 5.64. The van der Waals surface area contributed by atoms with Crippen molar-refractivity contribution in [1.82, 2.24) is 0 Å². The van der Waals surface area contributed by atoms with Crippen LogP contribution in [0.3, 0.4) is 0 Å². The zero-order chi connectivity index (χ0) is 21.0. The van der Waals surface area contributed by atoms with Crippen molar-refractivity contribution in [3.05, 3.63) is 82.4 Å². The minimum absolute atomic E-state index is 0.0255. The lowest BCUT2D eigenvalue weighted by molar-refractivity contribution is -0.384. The molecule has 0 fully saturated rings. The van der Waals surface area contributed by atoms with Gasteiger partial charge in [-0.2, -0.15) is 0 Å². The maximum atomic E-state index is 12.7. The number of anilines is 1. The lowest BCUT2D eigenvalue weighted by Crippen LogP contribution is -2.33. The maximum Gasteiger partial charge on any atom is 0.372 e. The van der Waals surface area contributed by atoms with Gasteiger partial charge in [0, 0.05) is 12.1 Å². The Morgan fingerprint density at radius 1 is 0.931 bits per heavy atom. The molecule has 1 N–H and O–H groups in total. The number of hydrogen-bond acceptors (Lipinski definition) is 5. The van der Waals surface area contributed by atoms with Crippen molar-refractivity contribution in [2.75, 3.05) is 4.90 Å². The predicted molar refractivity (Wildman–Crippen MR) is 105 cm³/mol. The highest BCUT2D eigenvalue weighted by Gasteiger charge is 2.24. The summed E-state index contributed by atoms with van der Waals surface area (Å²) in [4.78, 5) is 46.7. The molecule has 3 aromatic carbocycles. The van der Waals surface area contributed by atoms with Gasteiger partial charge in [-0.3, -0.25) is 19.7 Å². The highest BCUT2D eigenvalue weighted by Crippen LogP contribution is 2.25. The van der Waals surface area contributed by atoms with Crippen LogP contribution in [0.5, 0.6) is 0 Å². The topological polar surface area (TPSA) is 118 Å². The number of Topliss-reactive ketones (excluding diaryl/α,β-unsaturated/α-hetero) is 1. The van der Waals surface area contributed by atoms with Crippen molar-refractivity contribution in [1.29, 1.82) is 0 Å². The predicted octanol–water partition coefficient (Wildman–Crippen LogP) is 3.33. The van der Waals surface area contributed by atoms with Crippen LogP contribution in [0.4, 0.5) is 11.4 Å². The average molecular weight is 392 g/mol. The quantitative estimate of drug-likeness (QED) is 0.285. The smallest absolute Gasteiger partial charge is 0.372 e. The Balaban J connectivity index is 1.98. The van der Waals surface area contributed by atoms with Crippen LogP contribution >= 0.6 is 0 Å². The maximum absolute atomic E-state index is 12.7. The van der Waals surface area contributed by atoms with Gasteiger partial charge in [-0.1, -0.05) is 42.5 Å². The summed E-state index contributed by atoms with van der Waals surface area (Å²) in [5.41, 5.74) is 0.713. The fraction of sp³-hybridized carbons (Fsp3) is 0.0952. The molecule has 146 valence electrons. The fourth-order valence-corrected chi connectivity index (χ4v) is 2.93. The Morgan fingerprint density at radius 3 is 2.34 bits per heavy atom. The van der Waals surface area contributed by atoms with Crippen molar-refractivity contribution < 1.29 is 24.4 Å². The highest BCUT2D eigenvalue weighted by molar-refractivity contribution is 6.36. The second kappa shape index (κ2) is 8.30. The van der Waals surface area contributed by atoms with Crippen LogP contribution in [0.25, 0.3) is 10.8 Å². The number of nitro groups is 1.